The first-order valence-corrected chi connectivity index (χ1v) is 10.0. The van der Waals surface area contributed by atoms with Gasteiger partial charge in [0.25, 0.3) is 0 Å². The summed E-state index contributed by atoms with van der Waals surface area (Å²) in [6.45, 7) is 0. The molecule has 1 atom stereocenters. The lowest BCUT2D eigenvalue weighted by Crippen LogP contribution is -2.59. The van der Waals surface area contributed by atoms with E-state index in [9.17, 15) is 22.4 Å². The van der Waals surface area contributed by atoms with Crippen LogP contribution in [0.4, 0.5) is 32.2 Å². The number of nitrogens with zero attached hydrogens (tertiary/aromatic N) is 2. The first-order chi connectivity index (χ1) is 14.4. The lowest BCUT2D eigenvalue weighted by atomic mass is 9.74. The van der Waals surface area contributed by atoms with Crippen LogP contribution in [0.5, 0.6) is 0 Å². The molecule has 0 unspecified atom stereocenters. The molecule has 0 spiro atoms. The number of rotatable bonds is 6. The molecular formula is C21H21F6N3O. The third-order valence-electron chi connectivity index (χ3n) is 6.22. The molecule has 0 bridgehead atoms. The Morgan fingerprint density at radius 2 is 1.84 bits per heavy atom. The van der Waals surface area contributed by atoms with E-state index >= 15 is 8.78 Å². The number of amides is 1. The van der Waals surface area contributed by atoms with Gasteiger partial charge in [0.15, 0.2) is 0 Å². The number of hydrogen-bond acceptors (Lipinski definition) is 2. The Bertz CT molecular complexity index is 985. The molecule has 2 aliphatic rings. The second kappa shape index (κ2) is 7.27. The van der Waals surface area contributed by atoms with Crippen LogP contribution < -0.4 is 5.32 Å². The van der Waals surface area contributed by atoms with Crippen molar-refractivity contribution in [2.24, 2.45) is 13.0 Å². The molecular weight excluding hydrogens is 424 g/mol. The molecule has 2 aromatic rings. The number of alkyl halides is 6. The van der Waals surface area contributed by atoms with Crippen molar-refractivity contribution in [2.75, 3.05) is 5.32 Å². The standard InChI is InChI=1S/C21H21F6N3O/c1-30-18(28-15(31)10-14-11-19(22,23)21(14,26)27)16(12-6-5-7-12)17(29-30)20(24,25)13-8-3-2-4-9-13/h2-4,8-9,12,14H,5-7,10-11H2,1H3,(H,28,31)/t14-/m1/s1. The van der Waals surface area contributed by atoms with Gasteiger partial charge < -0.3 is 5.32 Å². The number of carbonyl (C=O) groups excluding carboxylic acids is 1. The number of aryl methyl sites for hydroxylation is 1. The van der Waals surface area contributed by atoms with E-state index < -0.39 is 48.1 Å². The molecule has 31 heavy (non-hydrogen) atoms. The summed E-state index contributed by atoms with van der Waals surface area (Å²) < 4.78 is 84.8. The second-order valence-electron chi connectivity index (χ2n) is 8.28. The number of carbonyl (C=O) groups is 1. The highest BCUT2D eigenvalue weighted by Gasteiger charge is 2.71. The van der Waals surface area contributed by atoms with Gasteiger partial charge in [-0.3, -0.25) is 9.48 Å². The van der Waals surface area contributed by atoms with Crippen molar-refractivity contribution in [3.8, 4) is 0 Å². The zero-order valence-electron chi connectivity index (χ0n) is 16.6. The van der Waals surface area contributed by atoms with E-state index in [1.54, 1.807) is 6.07 Å². The van der Waals surface area contributed by atoms with Gasteiger partial charge in [0.1, 0.15) is 11.5 Å². The number of halogens is 6. The van der Waals surface area contributed by atoms with Crippen LogP contribution >= 0.6 is 0 Å². The zero-order valence-corrected chi connectivity index (χ0v) is 16.6. The van der Waals surface area contributed by atoms with Crippen LogP contribution in [0.15, 0.2) is 30.3 Å². The maximum absolute atomic E-state index is 15.3. The first-order valence-electron chi connectivity index (χ1n) is 10.0. The summed E-state index contributed by atoms with van der Waals surface area (Å²) in [5, 5.41) is 6.35. The van der Waals surface area contributed by atoms with E-state index in [0.717, 1.165) is 11.1 Å². The Morgan fingerprint density at radius 1 is 1.19 bits per heavy atom. The Kier molecular flexibility index (Phi) is 5.09. The van der Waals surface area contributed by atoms with E-state index in [1.807, 2.05) is 0 Å². The van der Waals surface area contributed by atoms with Crippen molar-refractivity contribution >= 4 is 11.7 Å². The van der Waals surface area contributed by atoms with E-state index in [2.05, 4.69) is 10.4 Å². The van der Waals surface area contributed by atoms with Gasteiger partial charge in [-0.2, -0.15) is 31.4 Å². The molecule has 0 saturated heterocycles. The fourth-order valence-electron chi connectivity index (χ4n) is 4.14. The van der Waals surface area contributed by atoms with Crippen LogP contribution in [-0.2, 0) is 17.8 Å². The van der Waals surface area contributed by atoms with Crippen molar-refractivity contribution in [1.82, 2.24) is 9.78 Å². The number of anilines is 1. The summed E-state index contributed by atoms with van der Waals surface area (Å²) in [5.74, 6) is -14.8. The van der Waals surface area contributed by atoms with Crippen LogP contribution in [-0.4, -0.2) is 27.5 Å². The van der Waals surface area contributed by atoms with Crippen molar-refractivity contribution in [3.05, 3.63) is 47.2 Å². The largest absolute Gasteiger partial charge is 0.317 e. The molecule has 1 aromatic heterocycles. The average Bonchev–Trinajstić information content (AvgIpc) is 2.97. The summed E-state index contributed by atoms with van der Waals surface area (Å²) in [7, 11) is 1.37. The minimum absolute atomic E-state index is 0.00490. The smallest absolute Gasteiger partial charge is 0.311 e. The van der Waals surface area contributed by atoms with Crippen LogP contribution in [0, 0.1) is 5.92 Å². The normalized spacial score (nSPS) is 22.5. The first kappa shape index (κ1) is 21.7. The molecule has 4 nitrogen and oxygen atoms in total. The molecule has 2 aliphatic carbocycles. The summed E-state index contributed by atoms with van der Waals surface area (Å²) in [6, 6.07) is 7.11. The highest BCUT2D eigenvalue weighted by Crippen LogP contribution is 2.56. The fraction of sp³-hybridized carbons (Fsp3) is 0.524. The van der Waals surface area contributed by atoms with Crippen molar-refractivity contribution in [3.63, 3.8) is 0 Å². The number of nitrogens with one attached hydrogen (secondary N) is 1. The number of benzene rings is 1. The van der Waals surface area contributed by atoms with Gasteiger partial charge in [-0.05, 0) is 18.8 Å². The Balaban J connectivity index is 1.62. The molecule has 0 aliphatic heterocycles. The van der Waals surface area contributed by atoms with Gasteiger partial charge in [-0.15, -0.1) is 0 Å². The van der Waals surface area contributed by atoms with Crippen molar-refractivity contribution < 1.29 is 31.1 Å². The molecule has 1 amide bonds. The summed E-state index contributed by atoms with van der Waals surface area (Å²) in [4.78, 5) is 12.4. The Labute approximate surface area is 174 Å². The van der Waals surface area contributed by atoms with Crippen LogP contribution in [0.1, 0.15) is 54.8 Å². The van der Waals surface area contributed by atoms with E-state index in [4.69, 9.17) is 0 Å². The van der Waals surface area contributed by atoms with Crippen LogP contribution in [0.3, 0.4) is 0 Å². The van der Waals surface area contributed by atoms with Gasteiger partial charge in [0, 0.05) is 36.9 Å². The predicted molar refractivity (Wildman–Crippen MR) is 100 cm³/mol. The quantitative estimate of drug-likeness (QED) is 0.602. The number of hydrogen-bond donors (Lipinski definition) is 1. The van der Waals surface area contributed by atoms with Crippen molar-refractivity contribution in [2.45, 2.75) is 55.8 Å². The van der Waals surface area contributed by atoms with Gasteiger partial charge in [-0.25, -0.2) is 0 Å². The summed E-state index contributed by atoms with van der Waals surface area (Å²) in [6.07, 6.45) is 0.152. The van der Waals surface area contributed by atoms with E-state index in [-0.39, 0.29) is 22.9 Å². The van der Waals surface area contributed by atoms with E-state index in [1.165, 1.54) is 31.3 Å². The SMILES string of the molecule is Cn1nc(C(F)(F)c2ccccc2)c(C2CCC2)c1NC(=O)C[C@@H]1CC(F)(F)C1(F)F. The monoisotopic (exact) mass is 445 g/mol. The molecule has 10 heteroatoms. The number of aromatic nitrogens is 2. The average molecular weight is 445 g/mol. The highest BCUT2D eigenvalue weighted by atomic mass is 19.3. The molecule has 1 N–H and O–H groups in total. The third kappa shape index (κ3) is 3.49. The molecule has 2 fully saturated rings. The molecule has 1 heterocycles. The lowest BCUT2D eigenvalue weighted by molar-refractivity contribution is -0.313. The van der Waals surface area contributed by atoms with Gasteiger partial charge in [0.2, 0.25) is 5.91 Å². The maximum Gasteiger partial charge on any atom is 0.317 e. The minimum atomic E-state index is -4.26. The lowest BCUT2D eigenvalue weighted by Gasteiger charge is -2.43. The maximum atomic E-state index is 15.3. The van der Waals surface area contributed by atoms with Crippen LogP contribution in [0.25, 0.3) is 0 Å². The molecule has 168 valence electrons. The summed E-state index contributed by atoms with van der Waals surface area (Å²) in [5.41, 5.74) is -0.591. The Morgan fingerprint density at radius 3 is 2.35 bits per heavy atom. The second-order valence-corrected chi connectivity index (χ2v) is 8.28. The zero-order chi connectivity index (χ0) is 22.6. The third-order valence-corrected chi connectivity index (χ3v) is 6.22. The molecule has 0 radical (unpaired) electrons. The molecule has 4 rings (SSSR count). The molecule has 2 saturated carbocycles. The van der Waals surface area contributed by atoms with Gasteiger partial charge in [0.05, 0.1) is 0 Å². The van der Waals surface area contributed by atoms with Crippen molar-refractivity contribution in [1.29, 1.82) is 0 Å². The van der Waals surface area contributed by atoms with Crippen LogP contribution in [0.2, 0.25) is 0 Å². The van der Waals surface area contributed by atoms with E-state index in [0.29, 0.717) is 12.8 Å². The fourth-order valence-corrected chi connectivity index (χ4v) is 4.14. The topological polar surface area (TPSA) is 46.9 Å². The van der Waals surface area contributed by atoms with Gasteiger partial charge in [-0.1, -0.05) is 36.8 Å². The predicted octanol–water partition coefficient (Wildman–Crippen LogP) is 5.45. The summed E-state index contributed by atoms with van der Waals surface area (Å²) >= 11 is 0. The Hall–Kier alpha value is -2.52. The molecule has 1 aromatic carbocycles. The minimum Gasteiger partial charge on any atom is -0.311 e. The highest BCUT2D eigenvalue weighted by molar-refractivity contribution is 5.91. The van der Waals surface area contributed by atoms with Gasteiger partial charge >= 0.3 is 17.8 Å².